The molecule has 0 atom stereocenters. The fourth-order valence-corrected chi connectivity index (χ4v) is 1.77. The van der Waals surface area contributed by atoms with Crippen LogP contribution < -0.4 is 0 Å². The number of hydrogen-bond acceptors (Lipinski definition) is 1. The Balaban J connectivity index is 2.66. The van der Waals surface area contributed by atoms with Crippen LogP contribution in [0.25, 0.3) is 0 Å². The second-order valence-electron chi connectivity index (χ2n) is 3.45. The highest BCUT2D eigenvalue weighted by molar-refractivity contribution is 8.00. The molecule has 0 nitrogen and oxygen atoms in total. The van der Waals surface area contributed by atoms with Crippen LogP contribution in [0, 0.1) is 6.07 Å². The number of thioether (sulfide) groups is 1. The fraction of sp³-hybridized carbons (Fsp3) is 0.400. The Kier molecular flexibility index (Phi) is 2.61. The van der Waals surface area contributed by atoms with Gasteiger partial charge in [0.05, 0.1) is 0 Å². The molecule has 0 aliphatic heterocycles. The third kappa shape index (κ3) is 3.47. The van der Waals surface area contributed by atoms with Gasteiger partial charge in [-0.15, -0.1) is 11.8 Å². The van der Waals surface area contributed by atoms with Crippen LogP contribution >= 0.6 is 11.8 Å². The lowest BCUT2D eigenvalue weighted by atomic mass is 10.3. The first-order valence-electron chi connectivity index (χ1n) is 3.73. The highest BCUT2D eigenvalue weighted by Gasteiger charge is 2.10. The largest absolute Gasteiger partial charge is 0.120 e. The van der Waals surface area contributed by atoms with Crippen molar-refractivity contribution in [2.75, 3.05) is 0 Å². The van der Waals surface area contributed by atoms with E-state index in [-0.39, 0.29) is 0 Å². The molecule has 0 aliphatic rings. The molecular formula is C10H13S. The van der Waals surface area contributed by atoms with Gasteiger partial charge in [-0.1, -0.05) is 32.9 Å². The van der Waals surface area contributed by atoms with Crippen LogP contribution in [0.15, 0.2) is 29.2 Å². The Morgan fingerprint density at radius 2 is 1.73 bits per heavy atom. The average Bonchev–Trinajstić information content (AvgIpc) is 1.85. The summed E-state index contributed by atoms with van der Waals surface area (Å²) in [5.41, 5.74) is 0. The lowest BCUT2D eigenvalue weighted by molar-refractivity contribution is 0.803. The first-order chi connectivity index (χ1) is 5.08. The number of benzene rings is 1. The van der Waals surface area contributed by atoms with Gasteiger partial charge in [0, 0.05) is 9.64 Å². The van der Waals surface area contributed by atoms with Gasteiger partial charge < -0.3 is 0 Å². The van der Waals surface area contributed by atoms with Crippen molar-refractivity contribution in [3.8, 4) is 0 Å². The predicted octanol–water partition coefficient (Wildman–Crippen LogP) is 3.38. The quantitative estimate of drug-likeness (QED) is 0.575. The minimum absolute atomic E-state index is 0.307. The molecule has 1 aromatic carbocycles. The summed E-state index contributed by atoms with van der Waals surface area (Å²) in [6, 6.07) is 11.1. The fourth-order valence-electron chi connectivity index (χ4n) is 0.793. The molecule has 0 bridgehead atoms. The van der Waals surface area contributed by atoms with Gasteiger partial charge in [-0.25, -0.2) is 0 Å². The Labute approximate surface area is 73.0 Å². The molecule has 0 fully saturated rings. The third-order valence-electron chi connectivity index (χ3n) is 1.11. The van der Waals surface area contributed by atoms with E-state index in [4.69, 9.17) is 0 Å². The van der Waals surface area contributed by atoms with E-state index >= 15 is 0 Å². The molecule has 0 amide bonds. The number of rotatable bonds is 1. The maximum absolute atomic E-state index is 3.01. The second kappa shape index (κ2) is 3.31. The molecule has 0 saturated heterocycles. The van der Waals surface area contributed by atoms with Crippen molar-refractivity contribution in [1.82, 2.24) is 0 Å². The standard InChI is InChI=1S/C10H13S/c1-10(2,3)11-9-7-5-4-6-8-9/h5-8H,1-3H3. The van der Waals surface area contributed by atoms with E-state index in [2.05, 4.69) is 39.0 Å². The molecule has 0 spiro atoms. The summed E-state index contributed by atoms with van der Waals surface area (Å²) in [5, 5.41) is 0. The minimum Gasteiger partial charge on any atom is -0.120 e. The molecule has 0 heterocycles. The first kappa shape index (κ1) is 8.66. The van der Waals surface area contributed by atoms with Crippen molar-refractivity contribution in [3.05, 3.63) is 30.3 Å². The van der Waals surface area contributed by atoms with Crippen molar-refractivity contribution in [2.45, 2.75) is 30.4 Å². The predicted molar refractivity (Wildman–Crippen MR) is 50.9 cm³/mol. The maximum Gasteiger partial charge on any atom is 0.0122 e. The summed E-state index contributed by atoms with van der Waals surface area (Å²) in [5.74, 6) is 0. The van der Waals surface area contributed by atoms with Crippen molar-refractivity contribution in [3.63, 3.8) is 0 Å². The number of hydrogen-bond donors (Lipinski definition) is 0. The Bertz CT molecular complexity index is 208. The molecule has 1 radical (unpaired) electrons. The van der Waals surface area contributed by atoms with E-state index in [0.717, 1.165) is 0 Å². The van der Waals surface area contributed by atoms with Crippen LogP contribution in [0.5, 0.6) is 0 Å². The molecular weight excluding hydrogens is 152 g/mol. The zero-order valence-electron chi connectivity index (χ0n) is 7.22. The average molecular weight is 165 g/mol. The van der Waals surface area contributed by atoms with Crippen LogP contribution in [0.3, 0.4) is 0 Å². The third-order valence-corrected chi connectivity index (χ3v) is 2.23. The van der Waals surface area contributed by atoms with Crippen LogP contribution in [-0.2, 0) is 0 Å². The van der Waals surface area contributed by atoms with Gasteiger partial charge in [-0.05, 0) is 18.2 Å². The Morgan fingerprint density at radius 3 is 2.18 bits per heavy atom. The van der Waals surface area contributed by atoms with E-state index in [1.165, 1.54) is 4.90 Å². The van der Waals surface area contributed by atoms with E-state index in [1.807, 2.05) is 23.9 Å². The van der Waals surface area contributed by atoms with E-state index < -0.39 is 0 Å². The summed E-state index contributed by atoms with van der Waals surface area (Å²) in [6.45, 7) is 6.65. The lowest BCUT2D eigenvalue weighted by Gasteiger charge is -2.16. The van der Waals surface area contributed by atoms with Gasteiger partial charge in [-0.3, -0.25) is 0 Å². The Morgan fingerprint density at radius 1 is 1.18 bits per heavy atom. The monoisotopic (exact) mass is 165 g/mol. The van der Waals surface area contributed by atoms with Crippen molar-refractivity contribution in [1.29, 1.82) is 0 Å². The molecule has 0 saturated carbocycles. The van der Waals surface area contributed by atoms with Gasteiger partial charge in [-0.2, -0.15) is 0 Å². The van der Waals surface area contributed by atoms with Crippen LogP contribution in [0.4, 0.5) is 0 Å². The second-order valence-corrected chi connectivity index (χ2v) is 5.35. The van der Waals surface area contributed by atoms with Gasteiger partial charge in [0.2, 0.25) is 0 Å². The SMILES string of the molecule is CC(C)(C)Sc1cc[c]cc1. The van der Waals surface area contributed by atoms with Crippen LogP contribution in [0.1, 0.15) is 20.8 Å². The summed E-state index contributed by atoms with van der Waals surface area (Å²) < 4.78 is 0.307. The zero-order chi connectivity index (χ0) is 8.32. The normalized spacial score (nSPS) is 11.5. The molecule has 11 heavy (non-hydrogen) atoms. The topological polar surface area (TPSA) is 0 Å². The van der Waals surface area contributed by atoms with Gasteiger partial charge in [0.1, 0.15) is 0 Å². The Hall–Kier alpha value is -0.430. The molecule has 1 aromatic rings. The maximum atomic E-state index is 3.01. The lowest BCUT2D eigenvalue weighted by Crippen LogP contribution is -2.06. The molecule has 0 aliphatic carbocycles. The highest BCUT2D eigenvalue weighted by Crippen LogP contribution is 2.30. The molecule has 1 heteroatoms. The zero-order valence-corrected chi connectivity index (χ0v) is 8.03. The van der Waals surface area contributed by atoms with Crippen molar-refractivity contribution >= 4 is 11.8 Å². The van der Waals surface area contributed by atoms with Crippen molar-refractivity contribution < 1.29 is 0 Å². The molecule has 0 unspecified atom stereocenters. The van der Waals surface area contributed by atoms with Gasteiger partial charge in [0.15, 0.2) is 0 Å². The highest BCUT2D eigenvalue weighted by atomic mass is 32.2. The van der Waals surface area contributed by atoms with Gasteiger partial charge in [0.25, 0.3) is 0 Å². The van der Waals surface area contributed by atoms with E-state index in [9.17, 15) is 0 Å². The molecule has 0 N–H and O–H groups in total. The first-order valence-corrected chi connectivity index (χ1v) is 4.55. The summed E-state index contributed by atoms with van der Waals surface area (Å²) >= 11 is 1.88. The summed E-state index contributed by atoms with van der Waals surface area (Å²) in [6.07, 6.45) is 0. The van der Waals surface area contributed by atoms with Crippen LogP contribution in [0.2, 0.25) is 0 Å². The smallest absolute Gasteiger partial charge is 0.0122 e. The van der Waals surface area contributed by atoms with Gasteiger partial charge >= 0.3 is 0 Å². The molecule has 59 valence electrons. The molecule has 1 rings (SSSR count). The van der Waals surface area contributed by atoms with Crippen molar-refractivity contribution in [2.24, 2.45) is 0 Å². The summed E-state index contributed by atoms with van der Waals surface area (Å²) in [4.78, 5) is 1.32. The minimum atomic E-state index is 0.307. The summed E-state index contributed by atoms with van der Waals surface area (Å²) in [7, 11) is 0. The van der Waals surface area contributed by atoms with E-state index in [0.29, 0.717) is 4.75 Å². The van der Waals surface area contributed by atoms with E-state index in [1.54, 1.807) is 0 Å². The van der Waals surface area contributed by atoms with Crippen LogP contribution in [-0.4, -0.2) is 4.75 Å². The molecule has 0 aromatic heterocycles.